The molecule has 26 heavy (non-hydrogen) atoms. The van der Waals surface area contributed by atoms with E-state index in [2.05, 4.69) is 10.4 Å². The molecule has 1 amide bonds. The van der Waals surface area contributed by atoms with E-state index in [4.69, 9.17) is 4.74 Å². The van der Waals surface area contributed by atoms with Crippen molar-refractivity contribution in [1.29, 1.82) is 0 Å². The van der Waals surface area contributed by atoms with E-state index in [1.807, 2.05) is 19.1 Å². The van der Waals surface area contributed by atoms with Gasteiger partial charge in [-0.1, -0.05) is 12.1 Å². The third kappa shape index (κ3) is 3.11. The average Bonchev–Trinajstić information content (AvgIpc) is 3.09. The van der Waals surface area contributed by atoms with Gasteiger partial charge < -0.3 is 10.1 Å². The molecule has 0 saturated heterocycles. The number of aryl methyl sites for hydroxylation is 2. The van der Waals surface area contributed by atoms with Crippen LogP contribution in [0.5, 0.6) is 5.75 Å². The second-order valence-electron chi connectivity index (χ2n) is 5.71. The Bertz CT molecular complexity index is 1000. The van der Waals surface area contributed by atoms with Crippen molar-refractivity contribution in [3.63, 3.8) is 0 Å². The summed E-state index contributed by atoms with van der Waals surface area (Å²) >= 11 is 0. The van der Waals surface area contributed by atoms with Gasteiger partial charge in [0.2, 0.25) is 0 Å². The highest BCUT2D eigenvalue weighted by Gasteiger charge is 2.19. The Hall–Kier alpha value is -3.35. The Morgan fingerprint density at radius 2 is 2.00 bits per heavy atom. The van der Waals surface area contributed by atoms with Crippen molar-refractivity contribution in [2.45, 2.75) is 20.4 Å². The molecule has 1 aromatic carbocycles. The standard InChI is InChI=1S/C19H20N4O3/c1-4-23-16(9-11-20-23)21-18(24)17-13(2)10-12-22(19(17)25)14-7-5-6-8-15(14)26-3/h5-12H,4H2,1-3H3,(H,21,24). The predicted molar refractivity (Wildman–Crippen MR) is 99.2 cm³/mol. The number of hydrogen-bond donors (Lipinski definition) is 1. The van der Waals surface area contributed by atoms with Gasteiger partial charge in [0.25, 0.3) is 11.5 Å². The molecule has 0 saturated carbocycles. The van der Waals surface area contributed by atoms with Crippen LogP contribution >= 0.6 is 0 Å². The number of aromatic nitrogens is 3. The van der Waals surface area contributed by atoms with Crippen molar-refractivity contribution in [3.8, 4) is 11.4 Å². The van der Waals surface area contributed by atoms with Crippen LogP contribution in [-0.4, -0.2) is 27.4 Å². The number of hydrogen-bond acceptors (Lipinski definition) is 4. The van der Waals surface area contributed by atoms with Crippen LogP contribution < -0.4 is 15.6 Å². The fourth-order valence-corrected chi connectivity index (χ4v) is 2.79. The van der Waals surface area contributed by atoms with Gasteiger partial charge in [-0.3, -0.25) is 14.2 Å². The zero-order valence-corrected chi connectivity index (χ0v) is 14.9. The van der Waals surface area contributed by atoms with Crippen molar-refractivity contribution in [3.05, 3.63) is 70.3 Å². The number of methoxy groups -OCH3 is 1. The van der Waals surface area contributed by atoms with E-state index in [1.54, 1.807) is 48.3 Å². The molecule has 0 aliphatic heterocycles. The highest BCUT2D eigenvalue weighted by molar-refractivity contribution is 6.04. The van der Waals surface area contributed by atoms with E-state index in [0.29, 0.717) is 29.4 Å². The predicted octanol–water partition coefficient (Wildman–Crippen LogP) is 2.62. The van der Waals surface area contributed by atoms with Gasteiger partial charge in [-0.15, -0.1) is 0 Å². The summed E-state index contributed by atoms with van der Waals surface area (Å²) in [6.07, 6.45) is 3.24. The fraction of sp³-hybridized carbons (Fsp3) is 0.211. The van der Waals surface area contributed by atoms with Gasteiger partial charge in [0.05, 0.1) is 19.0 Å². The van der Waals surface area contributed by atoms with E-state index in [1.165, 1.54) is 11.7 Å². The van der Waals surface area contributed by atoms with E-state index >= 15 is 0 Å². The molecule has 7 heteroatoms. The van der Waals surface area contributed by atoms with Crippen molar-refractivity contribution >= 4 is 11.7 Å². The Balaban J connectivity index is 2.06. The Morgan fingerprint density at radius 1 is 1.23 bits per heavy atom. The first-order chi connectivity index (χ1) is 12.6. The number of benzene rings is 1. The summed E-state index contributed by atoms with van der Waals surface area (Å²) in [5.41, 5.74) is 0.852. The maximum Gasteiger partial charge on any atom is 0.268 e. The maximum atomic E-state index is 13.0. The molecule has 2 aromatic heterocycles. The number of pyridine rings is 1. The summed E-state index contributed by atoms with van der Waals surface area (Å²) in [5.74, 6) is 0.629. The first-order valence-corrected chi connectivity index (χ1v) is 8.25. The molecule has 0 bridgehead atoms. The molecule has 2 heterocycles. The molecule has 1 N–H and O–H groups in total. The van der Waals surface area contributed by atoms with Gasteiger partial charge in [0.1, 0.15) is 17.1 Å². The lowest BCUT2D eigenvalue weighted by atomic mass is 10.1. The Kier molecular flexibility index (Phi) is 4.88. The molecule has 0 spiro atoms. The van der Waals surface area contributed by atoms with Crippen LogP contribution in [-0.2, 0) is 6.54 Å². The van der Waals surface area contributed by atoms with Crippen LogP contribution in [0.2, 0.25) is 0 Å². The van der Waals surface area contributed by atoms with Crippen LogP contribution in [0.3, 0.4) is 0 Å². The smallest absolute Gasteiger partial charge is 0.268 e. The number of amides is 1. The second-order valence-corrected chi connectivity index (χ2v) is 5.71. The van der Waals surface area contributed by atoms with Crippen molar-refractivity contribution in [1.82, 2.24) is 14.3 Å². The zero-order valence-electron chi connectivity index (χ0n) is 14.9. The molecule has 134 valence electrons. The largest absolute Gasteiger partial charge is 0.495 e. The lowest BCUT2D eigenvalue weighted by molar-refractivity contribution is 0.102. The molecule has 3 aromatic rings. The summed E-state index contributed by atoms with van der Waals surface area (Å²) < 4.78 is 8.39. The monoisotopic (exact) mass is 352 g/mol. The summed E-state index contributed by atoms with van der Waals surface area (Å²) in [6.45, 7) is 4.27. The highest BCUT2D eigenvalue weighted by Crippen LogP contribution is 2.21. The molecular formula is C19H20N4O3. The lowest BCUT2D eigenvalue weighted by Crippen LogP contribution is -2.30. The number of ether oxygens (including phenoxy) is 1. The van der Waals surface area contributed by atoms with Crippen LogP contribution in [0.25, 0.3) is 5.69 Å². The second kappa shape index (κ2) is 7.26. The third-order valence-corrected chi connectivity index (χ3v) is 4.13. The topological polar surface area (TPSA) is 78.2 Å². The number of rotatable bonds is 5. The van der Waals surface area contributed by atoms with Gasteiger partial charge in [-0.25, -0.2) is 4.68 Å². The van der Waals surface area contributed by atoms with Gasteiger partial charge in [0, 0.05) is 18.8 Å². The Morgan fingerprint density at radius 3 is 2.73 bits per heavy atom. The SMILES string of the molecule is CCn1nccc1NC(=O)c1c(C)ccn(-c2ccccc2OC)c1=O. The van der Waals surface area contributed by atoms with Crippen LogP contribution in [0.15, 0.2) is 53.6 Å². The van der Waals surface area contributed by atoms with E-state index in [-0.39, 0.29) is 5.56 Å². The first kappa shape index (κ1) is 17.5. The molecule has 7 nitrogen and oxygen atoms in total. The highest BCUT2D eigenvalue weighted by atomic mass is 16.5. The molecule has 0 radical (unpaired) electrons. The number of nitrogens with zero attached hydrogens (tertiary/aromatic N) is 3. The number of para-hydroxylation sites is 2. The number of carbonyl (C=O) groups excluding carboxylic acids is 1. The molecule has 0 atom stereocenters. The van der Waals surface area contributed by atoms with E-state index in [9.17, 15) is 9.59 Å². The average molecular weight is 352 g/mol. The van der Waals surface area contributed by atoms with Gasteiger partial charge >= 0.3 is 0 Å². The van der Waals surface area contributed by atoms with Crippen molar-refractivity contribution < 1.29 is 9.53 Å². The molecule has 3 rings (SSSR count). The zero-order chi connectivity index (χ0) is 18.7. The molecule has 0 aliphatic carbocycles. The Labute approximate surface area is 150 Å². The summed E-state index contributed by atoms with van der Waals surface area (Å²) in [4.78, 5) is 25.8. The summed E-state index contributed by atoms with van der Waals surface area (Å²) in [6, 6.07) is 10.6. The number of nitrogens with one attached hydrogen (secondary N) is 1. The normalized spacial score (nSPS) is 10.6. The molecule has 0 fully saturated rings. The summed E-state index contributed by atoms with van der Waals surface area (Å²) in [5, 5.41) is 6.88. The van der Waals surface area contributed by atoms with Gasteiger partial charge in [0.15, 0.2) is 0 Å². The molecule has 0 aliphatic rings. The van der Waals surface area contributed by atoms with E-state index in [0.717, 1.165) is 0 Å². The first-order valence-electron chi connectivity index (χ1n) is 8.25. The minimum Gasteiger partial charge on any atom is -0.495 e. The van der Waals surface area contributed by atoms with Gasteiger partial charge in [-0.05, 0) is 37.6 Å². The molecular weight excluding hydrogens is 332 g/mol. The van der Waals surface area contributed by atoms with Crippen LogP contribution in [0, 0.1) is 6.92 Å². The number of carbonyl (C=O) groups is 1. The van der Waals surface area contributed by atoms with Crippen LogP contribution in [0.4, 0.5) is 5.82 Å². The minimum absolute atomic E-state index is 0.0854. The van der Waals surface area contributed by atoms with E-state index < -0.39 is 11.5 Å². The van der Waals surface area contributed by atoms with Crippen molar-refractivity contribution in [2.75, 3.05) is 12.4 Å². The minimum atomic E-state index is -0.466. The number of anilines is 1. The van der Waals surface area contributed by atoms with Crippen LogP contribution in [0.1, 0.15) is 22.8 Å². The summed E-state index contributed by atoms with van der Waals surface area (Å²) in [7, 11) is 1.54. The lowest BCUT2D eigenvalue weighted by Gasteiger charge is -2.14. The fourth-order valence-electron chi connectivity index (χ4n) is 2.79. The quantitative estimate of drug-likeness (QED) is 0.766. The van der Waals surface area contributed by atoms with Gasteiger partial charge in [-0.2, -0.15) is 5.10 Å². The third-order valence-electron chi connectivity index (χ3n) is 4.13. The molecule has 0 unspecified atom stereocenters. The maximum absolute atomic E-state index is 13.0. The van der Waals surface area contributed by atoms with Crippen molar-refractivity contribution in [2.24, 2.45) is 0 Å².